The number of aliphatic hydroxyl groups is 1. The summed E-state index contributed by atoms with van der Waals surface area (Å²) in [6.07, 6.45) is 1.49. The van der Waals surface area contributed by atoms with Gasteiger partial charge in [-0.15, -0.1) is 0 Å². The fraction of sp³-hybridized carbons (Fsp3) is 0. The number of pyridine rings is 1. The molecule has 0 saturated carbocycles. The fourth-order valence-electron chi connectivity index (χ4n) is 2.24. The molecule has 0 amide bonds. The lowest BCUT2D eigenvalue weighted by molar-refractivity contribution is -0.385. The monoisotopic (exact) mass is 268 g/mol. The Labute approximate surface area is 113 Å². The van der Waals surface area contributed by atoms with Crippen LogP contribution in [0.3, 0.4) is 0 Å². The van der Waals surface area contributed by atoms with Gasteiger partial charge in [0.1, 0.15) is 11.3 Å². The summed E-state index contributed by atoms with van der Waals surface area (Å²) in [6, 6.07) is 9.07. The zero-order chi connectivity index (χ0) is 14.3. The number of Topliss-reactive ketones (excluding diaryl/α,β-unsaturated/α-hetero) is 1. The van der Waals surface area contributed by atoms with Crippen LogP contribution < -0.4 is 0 Å². The van der Waals surface area contributed by atoms with E-state index in [9.17, 15) is 20.0 Å². The number of ketones is 1. The number of benzene rings is 1. The third kappa shape index (κ3) is 1.58. The van der Waals surface area contributed by atoms with E-state index in [4.69, 9.17) is 0 Å². The maximum absolute atomic E-state index is 12.4. The van der Waals surface area contributed by atoms with Gasteiger partial charge in [0, 0.05) is 17.8 Å². The molecule has 1 N–H and O–H groups in total. The van der Waals surface area contributed by atoms with Crippen LogP contribution in [0.4, 0.5) is 5.69 Å². The Morgan fingerprint density at radius 2 is 1.95 bits per heavy atom. The molecule has 1 aliphatic carbocycles. The van der Waals surface area contributed by atoms with Crippen LogP contribution in [0.25, 0.3) is 11.3 Å². The second kappa shape index (κ2) is 4.27. The highest BCUT2D eigenvalue weighted by Gasteiger charge is 2.37. The molecule has 0 fully saturated rings. The third-order valence-electron chi connectivity index (χ3n) is 3.11. The minimum Gasteiger partial charge on any atom is -0.506 e. The van der Waals surface area contributed by atoms with E-state index in [2.05, 4.69) is 4.98 Å². The van der Waals surface area contributed by atoms with Crippen LogP contribution in [0.2, 0.25) is 0 Å². The van der Waals surface area contributed by atoms with Gasteiger partial charge in [0.15, 0.2) is 0 Å². The van der Waals surface area contributed by atoms with Crippen molar-refractivity contribution in [1.82, 2.24) is 4.98 Å². The number of nitro groups is 1. The summed E-state index contributed by atoms with van der Waals surface area (Å²) >= 11 is 0. The molecule has 1 aliphatic rings. The Kier molecular flexibility index (Phi) is 2.57. The van der Waals surface area contributed by atoms with Crippen LogP contribution in [0.15, 0.2) is 42.6 Å². The highest BCUT2D eigenvalue weighted by atomic mass is 16.6. The molecule has 1 aromatic heterocycles. The van der Waals surface area contributed by atoms with Crippen molar-refractivity contribution in [2.75, 3.05) is 0 Å². The quantitative estimate of drug-likeness (QED) is 0.667. The van der Waals surface area contributed by atoms with Gasteiger partial charge in [0.05, 0.1) is 16.2 Å². The van der Waals surface area contributed by atoms with E-state index in [1.165, 1.54) is 24.4 Å². The van der Waals surface area contributed by atoms with Crippen LogP contribution in [0, 0.1) is 10.1 Å². The zero-order valence-corrected chi connectivity index (χ0v) is 10.1. The van der Waals surface area contributed by atoms with E-state index in [0.29, 0.717) is 5.69 Å². The molecule has 0 saturated heterocycles. The van der Waals surface area contributed by atoms with E-state index in [-0.39, 0.29) is 28.1 Å². The van der Waals surface area contributed by atoms with Crippen LogP contribution in [0.1, 0.15) is 21.6 Å². The number of hydrogen-bond acceptors (Lipinski definition) is 5. The van der Waals surface area contributed by atoms with Crippen molar-refractivity contribution in [3.8, 4) is 0 Å². The summed E-state index contributed by atoms with van der Waals surface area (Å²) in [6.45, 7) is 0. The first-order chi connectivity index (χ1) is 9.61. The standard InChI is InChI=1S/C14H8N2O4/c17-13-8-4-3-6-10(16(19)20)11(8)14(18)12(13)9-5-1-2-7-15-9/h1-7,17H. The van der Waals surface area contributed by atoms with Gasteiger partial charge in [0.25, 0.3) is 5.69 Å². The van der Waals surface area contributed by atoms with Crippen molar-refractivity contribution < 1.29 is 14.8 Å². The molecule has 0 aliphatic heterocycles. The van der Waals surface area contributed by atoms with Crippen molar-refractivity contribution >= 4 is 22.8 Å². The average molecular weight is 268 g/mol. The van der Waals surface area contributed by atoms with Gasteiger partial charge in [-0.3, -0.25) is 19.9 Å². The van der Waals surface area contributed by atoms with Gasteiger partial charge >= 0.3 is 0 Å². The summed E-state index contributed by atoms with van der Waals surface area (Å²) in [5.41, 5.74) is 0.0564. The maximum atomic E-state index is 12.4. The van der Waals surface area contributed by atoms with Gasteiger partial charge in [0.2, 0.25) is 5.78 Å². The Hall–Kier alpha value is -3.02. The third-order valence-corrected chi connectivity index (χ3v) is 3.11. The van der Waals surface area contributed by atoms with E-state index >= 15 is 0 Å². The summed E-state index contributed by atoms with van der Waals surface area (Å²) in [4.78, 5) is 26.7. The van der Waals surface area contributed by atoms with Gasteiger partial charge in [-0.2, -0.15) is 0 Å². The van der Waals surface area contributed by atoms with E-state index in [1.807, 2.05) is 0 Å². The molecule has 0 atom stereocenters. The molecule has 98 valence electrons. The number of rotatable bonds is 2. The molecule has 0 bridgehead atoms. The Morgan fingerprint density at radius 1 is 1.15 bits per heavy atom. The number of carbonyl (C=O) groups is 1. The maximum Gasteiger partial charge on any atom is 0.281 e. The smallest absolute Gasteiger partial charge is 0.281 e. The van der Waals surface area contributed by atoms with E-state index in [1.54, 1.807) is 18.2 Å². The van der Waals surface area contributed by atoms with Gasteiger partial charge in [-0.1, -0.05) is 12.1 Å². The largest absolute Gasteiger partial charge is 0.506 e. The second-order valence-corrected chi connectivity index (χ2v) is 4.22. The normalized spacial score (nSPS) is 13.5. The molecule has 0 unspecified atom stereocenters. The summed E-state index contributed by atoms with van der Waals surface area (Å²) in [5.74, 6) is -0.851. The average Bonchev–Trinajstić information content (AvgIpc) is 2.72. The van der Waals surface area contributed by atoms with Crippen LogP contribution in [0.5, 0.6) is 0 Å². The minimum absolute atomic E-state index is 0.00472. The topological polar surface area (TPSA) is 93.3 Å². The number of fused-ring (bicyclic) bond motifs is 1. The first-order valence-electron chi connectivity index (χ1n) is 5.78. The molecule has 0 radical (unpaired) electrons. The first kappa shape index (κ1) is 12.0. The van der Waals surface area contributed by atoms with E-state index in [0.717, 1.165) is 0 Å². The highest BCUT2D eigenvalue weighted by Crippen LogP contribution is 2.40. The predicted molar refractivity (Wildman–Crippen MR) is 71.1 cm³/mol. The lowest BCUT2D eigenvalue weighted by atomic mass is 10.0. The molecule has 6 nitrogen and oxygen atoms in total. The molecule has 1 aromatic carbocycles. The number of aliphatic hydroxyl groups excluding tert-OH is 1. The molecule has 1 heterocycles. The second-order valence-electron chi connectivity index (χ2n) is 4.22. The zero-order valence-electron chi connectivity index (χ0n) is 10.1. The molecule has 3 rings (SSSR count). The Morgan fingerprint density at radius 3 is 2.60 bits per heavy atom. The number of hydrogen-bond donors (Lipinski definition) is 1. The summed E-state index contributed by atoms with van der Waals surface area (Å²) in [7, 11) is 0. The summed E-state index contributed by atoms with van der Waals surface area (Å²) < 4.78 is 0. The molecule has 6 heteroatoms. The molecular weight excluding hydrogens is 260 g/mol. The fourth-order valence-corrected chi connectivity index (χ4v) is 2.24. The molecule has 0 spiro atoms. The lowest BCUT2D eigenvalue weighted by Gasteiger charge is -2.00. The molecule has 2 aromatic rings. The van der Waals surface area contributed by atoms with Gasteiger partial charge < -0.3 is 5.11 Å². The Bertz CT molecular complexity index is 766. The predicted octanol–water partition coefficient (Wildman–Crippen LogP) is 2.61. The van der Waals surface area contributed by atoms with Crippen LogP contribution in [-0.2, 0) is 0 Å². The molecular formula is C14H8N2O4. The van der Waals surface area contributed by atoms with Gasteiger partial charge in [-0.05, 0) is 18.2 Å². The number of nitrogens with zero attached hydrogens (tertiary/aromatic N) is 2. The van der Waals surface area contributed by atoms with Crippen LogP contribution >= 0.6 is 0 Å². The first-order valence-corrected chi connectivity index (χ1v) is 5.78. The number of allylic oxidation sites excluding steroid dienone is 1. The highest BCUT2D eigenvalue weighted by molar-refractivity contribution is 6.39. The van der Waals surface area contributed by atoms with Crippen molar-refractivity contribution in [1.29, 1.82) is 0 Å². The van der Waals surface area contributed by atoms with Crippen molar-refractivity contribution in [2.45, 2.75) is 0 Å². The minimum atomic E-state index is -0.634. The summed E-state index contributed by atoms with van der Waals surface area (Å²) in [5, 5.41) is 21.2. The number of nitro benzene ring substituents is 1. The Balaban J connectivity index is 2.24. The molecule has 20 heavy (non-hydrogen) atoms. The van der Waals surface area contributed by atoms with Crippen molar-refractivity contribution in [2.24, 2.45) is 0 Å². The van der Waals surface area contributed by atoms with Gasteiger partial charge in [-0.25, -0.2) is 0 Å². The van der Waals surface area contributed by atoms with E-state index < -0.39 is 10.7 Å². The van der Waals surface area contributed by atoms with Crippen molar-refractivity contribution in [3.05, 3.63) is 69.5 Å². The van der Waals surface area contributed by atoms with Crippen LogP contribution in [-0.4, -0.2) is 20.8 Å². The lowest BCUT2D eigenvalue weighted by Crippen LogP contribution is -2.03. The number of aromatic nitrogens is 1. The number of carbonyl (C=O) groups excluding carboxylic acids is 1. The SMILES string of the molecule is O=C1C(c2ccccn2)=C(O)c2cccc([N+](=O)[O-])c21. The van der Waals surface area contributed by atoms with Crippen molar-refractivity contribution in [3.63, 3.8) is 0 Å².